The van der Waals surface area contributed by atoms with Gasteiger partial charge in [0.15, 0.2) is 0 Å². The molecule has 0 aliphatic rings. The first-order valence-electron chi connectivity index (χ1n) is 5.00. The van der Waals surface area contributed by atoms with Gasteiger partial charge in [0.1, 0.15) is 5.82 Å². The van der Waals surface area contributed by atoms with Crippen molar-refractivity contribution >= 4 is 0 Å². The molecule has 0 aromatic heterocycles. The number of halogens is 1. The second kappa shape index (κ2) is 3.85. The van der Waals surface area contributed by atoms with E-state index in [4.69, 9.17) is 0 Å². The van der Waals surface area contributed by atoms with Crippen LogP contribution in [0.5, 0.6) is 0 Å². The Labute approximate surface area is 89.4 Å². The van der Waals surface area contributed by atoms with E-state index in [2.05, 4.69) is 26.0 Å². The maximum atomic E-state index is 12.8. The summed E-state index contributed by atoms with van der Waals surface area (Å²) in [6, 6.07) is 12.8. The van der Waals surface area contributed by atoms with Gasteiger partial charge in [-0.25, -0.2) is 4.39 Å². The van der Waals surface area contributed by atoms with Crippen LogP contribution in [0.25, 0.3) is 11.1 Å². The van der Waals surface area contributed by atoms with Crippen LogP contribution in [0.15, 0.2) is 42.5 Å². The van der Waals surface area contributed by atoms with E-state index in [9.17, 15) is 4.39 Å². The number of hydrogen-bond acceptors (Lipinski definition) is 0. The minimum atomic E-state index is -0.191. The predicted octanol–water partition coefficient (Wildman–Crippen LogP) is 4.11. The summed E-state index contributed by atoms with van der Waals surface area (Å²) in [7, 11) is 0. The van der Waals surface area contributed by atoms with Crippen molar-refractivity contribution in [2.75, 3.05) is 0 Å². The highest BCUT2D eigenvalue weighted by Gasteiger charge is 2.03. The summed E-state index contributed by atoms with van der Waals surface area (Å²) in [5.41, 5.74) is 4.76. The lowest BCUT2D eigenvalue weighted by Crippen LogP contribution is -1.86. The molecule has 0 nitrogen and oxygen atoms in total. The van der Waals surface area contributed by atoms with Gasteiger partial charge in [-0.2, -0.15) is 0 Å². The molecule has 0 aliphatic carbocycles. The second-order valence-electron chi connectivity index (χ2n) is 3.75. The van der Waals surface area contributed by atoms with E-state index < -0.39 is 0 Å². The maximum absolute atomic E-state index is 12.8. The zero-order valence-corrected chi connectivity index (χ0v) is 8.92. The van der Waals surface area contributed by atoms with E-state index in [0.29, 0.717) is 0 Å². The number of aryl methyl sites for hydroxylation is 1. The standard InChI is InChI=1S/C14H13F/c1-10-4-3-5-14(11(10)2)12-6-8-13(15)9-7-12/h3-9H,1-2H3. The fourth-order valence-corrected chi connectivity index (χ4v) is 1.69. The highest BCUT2D eigenvalue weighted by molar-refractivity contribution is 5.68. The minimum absolute atomic E-state index is 0.191. The fraction of sp³-hybridized carbons (Fsp3) is 0.143. The van der Waals surface area contributed by atoms with Crippen LogP contribution in [-0.2, 0) is 0 Å². The highest BCUT2D eigenvalue weighted by Crippen LogP contribution is 2.25. The zero-order valence-electron chi connectivity index (χ0n) is 8.92. The van der Waals surface area contributed by atoms with Crippen LogP contribution in [0, 0.1) is 19.7 Å². The Kier molecular flexibility index (Phi) is 2.55. The largest absolute Gasteiger partial charge is 0.207 e. The Balaban J connectivity index is 2.54. The van der Waals surface area contributed by atoms with Crippen LogP contribution in [0.2, 0.25) is 0 Å². The Morgan fingerprint density at radius 2 is 1.53 bits per heavy atom. The topological polar surface area (TPSA) is 0 Å². The van der Waals surface area contributed by atoms with Gasteiger partial charge in [-0.1, -0.05) is 30.3 Å². The van der Waals surface area contributed by atoms with Crippen molar-refractivity contribution in [1.29, 1.82) is 0 Å². The second-order valence-corrected chi connectivity index (χ2v) is 3.75. The predicted molar refractivity (Wildman–Crippen MR) is 61.3 cm³/mol. The first-order valence-corrected chi connectivity index (χ1v) is 5.00. The molecule has 2 aromatic carbocycles. The number of benzene rings is 2. The SMILES string of the molecule is Cc1cccc(-c2ccc(F)cc2)c1C. The van der Waals surface area contributed by atoms with Gasteiger partial charge < -0.3 is 0 Å². The lowest BCUT2D eigenvalue weighted by Gasteiger charge is -2.08. The van der Waals surface area contributed by atoms with E-state index in [-0.39, 0.29) is 5.82 Å². The third-order valence-corrected chi connectivity index (χ3v) is 2.76. The summed E-state index contributed by atoms with van der Waals surface area (Å²) >= 11 is 0. The zero-order chi connectivity index (χ0) is 10.8. The molecular formula is C14H13F. The molecule has 1 heteroatoms. The molecule has 0 heterocycles. The van der Waals surface area contributed by atoms with Crippen molar-refractivity contribution < 1.29 is 4.39 Å². The van der Waals surface area contributed by atoms with Gasteiger partial charge >= 0.3 is 0 Å². The summed E-state index contributed by atoms with van der Waals surface area (Å²) in [6.45, 7) is 4.18. The smallest absolute Gasteiger partial charge is 0.123 e. The Bertz CT molecular complexity index is 469. The molecule has 0 bridgehead atoms. The van der Waals surface area contributed by atoms with Crippen LogP contribution in [0.3, 0.4) is 0 Å². The Morgan fingerprint density at radius 3 is 2.20 bits per heavy atom. The van der Waals surface area contributed by atoms with Crippen LogP contribution in [0.1, 0.15) is 11.1 Å². The van der Waals surface area contributed by atoms with Gasteiger partial charge in [0, 0.05) is 0 Å². The van der Waals surface area contributed by atoms with Gasteiger partial charge in [-0.3, -0.25) is 0 Å². The molecule has 0 amide bonds. The Morgan fingerprint density at radius 1 is 0.867 bits per heavy atom. The quantitative estimate of drug-likeness (QED) is 0.649. The third kappa shape index (κ3) is 1.91. The van der Waals surface area contributed by atoms with Crippen LogP contribution in [0.4, 0.5) is 4.39 Å². The van der Waals surface area contributed by atoms with Crippen molar-refractivity contribution in [2.24, 2.45) is 0 Å². The molecule has 0 saturated carbocycles. The molecule has 0 spiro atoms. The summed E-state index contributed by atoms with van der Waals surface area (Å²) in [5.74, 6) is -0.191. The summed E-state index contributed by atoms with van der Waals surface area (Å²) in [5, 5.41) is 0. The lowest BCUT2D eigenvalue weighted by atomic mass is 9.97. The van der Waals surface area contributed by atoms with Gasteiger partial charge in [0.05, 0.1) is 0 Å². The molecule has 2 aromatic rings. The molecule has 0 saturated heterocycles. The van der Waals surface area contributed by atoms with Crippen molar-refractivity contribution in [3.63, 3.8) is 0 Å². The minimum Gasteiger partial charge on any atom is -0.207 e. The van der Waals surface area contributed by atoms with E-state index in [1.807, 2.05) is 18.2 Å². The molecule has 15 heavy (non-hydrogen) atoms. The molecule has 0 radical (unpaired) electrons. The lowest BCUT2D eigenvalue weighted by molar-refractivity contribution is 0.628. The van der Waals surface area contributed by atoms with E-state index >= 15 is 0 Å². The van der Waals surface area contributed by atoms with Gasteiger partial charge in [-0.05, 0) is 48.2 Å². The van der Waals surface area contributed by atoms with Crippen molar-refractivity contribution in [3.05, 3.63) is 59.4 Å². The maximum Gasteiger partial charge on any atom is 0.123 e. The molecule has 76 valence electrons. The van der Waals surface area contributed by atoms with E-state index in [0.717, 1.165) is 5.56 Å². The van der Waals surface area contributed by atoms with Crippen LogP contribution >= 0.6 is 0 Å². The molecule has 0 unspecified atom stereocenters. The molecular weight excluding hydrogens is 187 g/mol. The monoisotopic (exact) mass is 200 g/mol. The van der Waals surface area contributed by atoms with Crippen LogP contribution < -0.4 is 0 Å². The fourth-order valence-electron chi connectivity index (χ4n) is 1.69. The average Bonchev–Trinajstić information content (AvgIpc) is 2.24. The highest BCUT2D eigenvalue weighted by atomic mass is 19.1. The van der Waals surface area contributed by atoms with Crippen LogP contribution in [-0.4, -0.2) is 0 Å². The first-order chi connectivity index (χ1) is 7.18. The van der Waals surface area contributed by atoms with Crippen molar-refractivity contribution in [1.82, 2.24) is 0 Å². The molecule has 0 aliphatic heterocycles. The first kappa shape index (κ1) is 9.91. The number of rotatable bonds is 1. The van der Waals surface area contributed by atoms with Crippen molar-refractivity contribution in [2.45, 2.75) is 13.8 Å². The molecule has 2 rings (SSSR count). The van der Waals surface area contributed by atoms with E-state index in [1.165, 1.54) is 28.8 Å². The summed E-state index contributed by atoms with van der Waals surface area (Å²) < 4.78 is 12.8. The molecule has 0 N–H and O–H groups in total. The summed E-state index contributed by atoms with van der Waals surface area (Å²) in [6.07, 6.45) is 0. The van der Waals surface area contributed by atoms with Gasteiger partial charge in [0.2, 0.25) is 0 Å². The number of hydrogen-bond donors (Lipinski definition) is 0. The average molecular weight is 200 g/mol. The Hall–Kier alpha value is -1.63. The molecule has 0 atom stereocenters. The van der Waals surface area contributed by atoms with Gasteiger partial charge in [-0.15, -0.1) is 0 Å². The normalized spacial score (nSPS) is 10.3. The van der Waals surface area contributed by atoms with E-state index in [1.54, 1.807) is 0 Å². The summed E-state index contributed by atoms with van der Waals surface area (Å²) in [4.78, 5) is 0. The van der Waals surface area contributed by atoms with Crippen molar-refractivity contribution in [3.8, 4) is 11.1 Å². The van der Waals surface area contributed by atoms with Gasteiger partial charge in [0.25, 0.3) is 0 Å². The molecule has 0 fully saturated rings. The third-order valence-electron chi connectivity index (χ3n) is 2.76.